The molecule has 2 rings (SSSR count). The summed E-state index contributed by atoms with van der Waals surface area (Å²) < 4.78 is 0. The van der Waals surface area contributed by atoms with Crippen LogP contribution >= 0.6 is 0 Å². The van der Waals surface area contributed by atoms with Crippen LogP contribution in [0.15, 0.2) is 42.6 Å². The zero-order chi connectivity index (χ0) is 15.2. The molecule has 5 heteroatoms. The SMILES string of the molecule is [C-]#[N+]c1ccc(-c2ccnc(C(=O)CCC(=O)O)c2)cc1. The molecule has 1 N–H and O–H groups in total. The van der Waals surface area contributed by atoms with Crippen molar-refractivity contribution in [2.45, 2.75) is 12.8 Å². The number of ketones is 1. The van der Waals surface area contributed by atoms with Crippen LogP contribution in [0.25, 0.3) is 16.0 Å². The molecule has 1 aromatic carbocycles. The lowest BCUT2D eigenvalue weighted by atomic mass is 10.0. The van der Waals surface area contributed by atoms with E-state index >= 15 is 0 Å². The molecule has 0 aliphatic carbocycles. The zero-order valence-electron chi connectivity index (χ0n) is 11.1. The largest absolute Gasteiger partial charge is 0.481 e. The number of hydrogen-bond acceptors (Lipinski definition) is 3. The van der Waals surface area contributed by atoms with E-state index in [0.717, 1.165) is 11.1 Å². The van der Waals surface area contributed by atoms with E-state index in [4.69, 9.17) is 11.7 Å². The summed E-state index contributed by atoms with van der Waals surface area (Å²) in [5.74, 6) is -1.30. The second-order valence-electron chi connectivity index (χ2n) is 4.41. The van der Waals surface area contributed by atoms with Gasteiger partial charge in [0.1, 0.15) is 5.69 Å². The summed E-state index contributed by atoms with van der Waals surface area (Å²) in [6.07, 6.45) is 1.25. The maximum Gasteiger partial charge on any atom is 0.303 e. The standard InChI is InChI=1S/C16H12N2O3/c1-17-13-4-2-11(3-5-13)12-8-9-18-14(10-12)15(19)6-7-16(20)21/h2-5,8-10H,6-7H2,(H,20,21). The molecule has 0 saturated heterocycles. The molecule has 104 valence electrons. The Bertz CT molecular complexity index is 715. The fourth-order valence-corrected chi connectivity index (χ4v) is 1.84. The van der Waals surface area contributed by atoms with Gasteiger partial charge >= 0.3 is 5.97 Å². The summed E-state index contributed by atoms with van der Waals surface area (Å²) in [7, 11) is 0. The van der Waals surface area contributed by atoms with E-state index in [-0.39, 0.29) is 24.3 Å². The summed E-state index contributed by atoms with van der Waals surface area (Å²) >= 11 is 0. The summed E-state index contributed by atoms with van der Waals surface area (Å²) in [6, 6.07) is 10.4. The number of nitrogens with zero attached hydrogens (tertiary/aromatic N) is 2. The van der Waals surface area contributed by atoms with Gasteiger partial charge in [0, 0.05) is 12.6 Å². The molecule has 0 aliphatic heterocycles. The van der Waals surface area contributed by atoms with Gasteiger partial charge in [-0.3, -0.25) is 14.6 Å². The lowest BCUT2D eigenvalue weighted by molar-refractivity contribution is -0.136. The first kappa shape index (κ1) is 14.4. The molecule has 0 unspecified atom stereocenters. The van der Waals surface area contributed by atoms with Crippen LogP contribution in [0.5, 0.6) is 0 Å². The molecular formula is C16H12N2O3. The summed E-state index contributed by atoms with van der Waals surface area (Å²) in [5, 5.41) is 8.59. The first-order chi connectivity index (χ1) is 10.1. The predicted octanol–water partition coefficient (Wildman–Crippen LogP) is 3.35. The summed E-state index contributed by atoms with van der Waals surface area (Å²) in [6.45, 7) is 6.91. The van der Waals surface area contributed by atoms with Crippen molar-refractivity contribution in [3.05, 3.63) is 59.7 Å². The third kappa shape index (κ3) is 3.74. The van der Waals surface area contributed by atoms with Gasteiger partial charge in [-0.05, 0) is 23.3 Å². The number of carbonyl (C=O) groups excluding carboxylic acids is 1. The first-order valence-electron chi connectivity index (χ1n) is 6.29. The smallest absolute Gasteiger partial charge is 0.303 e. The van der Waals surface area contributed by atoms with Crippen LogP contribution in [-0.2, 0) is 4.79 Å². The highest BCUT2D eigenvalue weighted by molar-refractivity contribution is 5.96. The summed E-state index contributed by atoms with van der Waals surface area (Å²) in [5.41, 5.74) is 2.48. The van der Waals surface area contributed by atoms with Gasteiger partial charge < -0.3 is 5.11 Å². The maximum atomic E-state index is 11.9. The van der Waals surface area contributed by atoms with Gasteiger partial charge in [-0.2, -0.15) is 0 Å². The number of carboxylic acids is 1. The average molecular weight is 280 g/mol. The van der Waals surface area contributed by atoms with Gasteiger partial charge in [-0.1, -0.05) is 24.3 Å². The van der Waals surface area contributed by atoms with Crippen molar-refractivity contribution in [2.24, 2.45) is 0 Å². The minimum absolute atomic E-state index is 0.0670. The van der Waals surface area contributed by atoms with Gasteiger partial charge in [0.25, 0.3) is 0 Å². The number of pyridine rings is 1. The van der Waals surface area contributed by atoms with Crippen molar-refractivity contribution in [3.63, 3.8) is 0 Å². The molecule has 0 bridgehead atoms. The molecule has 1 aromatic heterocycles. The third-order valence-electron chi connectivity index (χ3n) is 2.94. The van der Waals surface area contributed by atoms with Crippen LogP contribution in [0.1, 0.15) is 23.3 Å². The Morgan fingerprint density at radius 3 is 2.43 bits per heavy atom. The first-order valence-corrected chi connectivity index (χ1v) is 6.29. The van der Waals surface area contributed by atoms with Gasteiger partial charge in [0.2, 0.25) is 0 Å². The fraction of sp³-hybridized carbons (Fsp3) is 0.125. The normalized spacial score (nSPS) is 9.86. The van der Waals surface area contributed by atoms with Crippen LogP contribution in [0, 0.1) is 6.57 Å². The lowest BCUT2D eigenvalue weighted by Crippen LogP contribution is -2.05. The second-order valence-corrected chi connectivity index (χ2v) is 4.41. The fourth-order valence-electron chi connectivity index (χ4n) is 1.84. The Morgan fingerprint density at radius 2 is 1.81 bits per heavy atom. The van der Waals surface area contributed by atoms with E-state index in [0.29, 0.717) is 5.69 Å². The van der Waals surface area contributed by atoms with Crippen molar-refractivity contribution in [1.82, 2.24) is 4.98 Å². The number of rotatable bonds is 5. The van der Waals surface area contributed by atoms with Crippen molar-refractivity contribution < 1.29 is 14.7 Å². The predicted molar refractivity (Wildman–Crippen MR) is 77.1 cm³/mol. The van der Waals surface area contributed by atoms with Crippen LogP contribution < -0.4 is 0 Å². The highest BCUT2D eigenvalue weighted by Gasteiger charge is 2.11. The minimum Gasteiger partial charge on any atom is -0.481 e. The van der Waals surface area contributed by atoms with E-state index in [1.165, 1.54) is 6.20 Å². The molecule has 0 radical (unpaired) electrons. The Balaban J connectivity index is 2.22. The Hall–Kier alpha value is -3.00. The molecule has 0 atom stereocenters. The van der Waals surface area contributed by atoms with Crippen LogP contribution in [0.4, 0.5) is 5.69 Å². The van der Waals surface area contributed by atoms with Gasteiger partial charge in [0.05, 0.1) is 13.0 Å². The number of carbonyl (C=O) groups is 2. The average Bonchev–Trinajstić information content (AvgIpc) is 2.52. The molecule has 21 heavy (non-hydrogen) atoms. The van der Waals surface area contributed by atoms with Gasteiger partial charge in [0.15, 0.2) is 11.5 Å². The highest BCUT2D eigenvalue weighted by atomic mass is 16.4. The van der Waals surface area contributed by atoms with Crippen molar-refractivity contribution in [3.8, 4) is 11.1 Å². The Labute approximate surface area is 121 Å². The molecule has 5 nitrogen and oxygen atoms in total. The monoisotopic (exact) mass is 280 g/mol. The Kier molecular flexibility index (Phi) is 4.42. The van der Waals surface area contributed by atoms with E-state index in [2.05, 4.69) is 9.83 Å². The number of aliphatic carboxylic acids is 1. The maximum absolute atomic E-state index is 11.9. The molecule has 0 fully saturated rings. The highest BCUT2D eigenvalue weighted by Crippen LogP contribution is 2.23. The van der Waals surface area contributed by atoms with E-state index in [9.17, 15) is 9.59 Å². The number of hydrogen-bond donors (Lipinski definition) is 1. The van der Waals surface area contributed by atoms with Gasteiger partial charge in [-0.15, -0.1) is 0 Å². The van der Waals surface area contributed by atoms with Crippen LogP contribution in [0.2, 0.25) is 0 Å². The molecule has 0 spiro atoms. The topological polar surface area (TPSA) is 71.6 Å². The number of aromatic nitrogens is 1. The summed E-state index contributed by atoms with van der Waals surface area (Å²) in [4.78, 5) is 29.7. The molecule has 1 heterocycles. The van der Waals surface area contributed by atoms with Crippen LogP contribution in [-0.4, -0.2) is 21.8 Å². The molecule has 0 saturated carbocycles. The van der Waals surface area contributed by atoms with Crippen LogP contribution in [0.3, 0.4) is 0 Å². The van der Waals surface area contributed by atoms with E-state index < -0.39 is 5.97 Å². The Morgan fingerprint density at radius 1 is 1.10 bits per heavy atom. The number of benzene rings is 1. The van der Waals surface area contributed by atoms with Gasteiger partial charge in [-0.25, -0.2) is 4.85 Å². The minimum atomic E-state index is -1.01. The van der Waals surface area contributed by atoms with Crippen molar-refractivity contribution in [1.29, 1.82) is 0 Å². The quantitative estimate of drug-likeness (QED) is 0.673. The number of carboxylic acid groups (broad SMARTS) is 1. The second kappa shape index (κ2) is 6.44. The number of Topliss-reactive ketones (excluding diaryl/α,β-unsaturated/α-hetero) is 1. The third-order valence-corrected chi connectivity index (χ3v) is 2.94. The van der Waals surface area contributed by atoms with Crippen molar-refractivity contribution in [2.75, 3.05) is 0 Å². The molecular weight excluding hydrogens is 268 g/mol. The molecule has 0 aliphatic rings. The van der Waals surface area contributed by atoms with E-state index in [1.807, 2.05) is 0 Å². The van der Waals surface area contributed by atoms with Crippen molar-refractivity contribution >= 4 is 17.4 Å². The van der Waals surface area contributed by atoms with E-state index in [1.54, 1.807) is 36.4 Å². The molecule has 2 aromatic rings. The lowest BCUT2D eigenvalue weighted by Gasteiger charge is -2.04. The molecule has 0 amide bonds. The zero-order valence-corrected chi connectivity index (χ0v) is 11.1.